The lowest BCUT2D eigenvalue weighted by atomic mass is 10.1. The topological polar surface area (TPSA) is 78.2 Å². The van der Waals surface area contributed by atoms with Crippen LogP contribution in [0.1, 0.15) is 18.4 Å². The summed E-state index contributed by atoms with van der Waals surface area (Å²) >= 11 is 0. The molecule has 0 saturated heterocycles. The molecular formula is C13H17N3O2. The van der Waals surface area contributed by atoms with Crippen LogP contribution in [0.15, 0.2) is 35.4 Å². The van der Waals surface area contributed by atoms with Crippen molar-refractivity contribution in [2.75, 3.05) is 6.61 Å². The maximum Gasteiger partial charge on any atom is 0.0717 e. The molecule has 0 bridgehead atoms. The van der Waals surface area contributed by atoms with Crippen LogP contribution in [0.25, 0.3) is 10.4 Å². The first-order valence-corrected chi connectivity index (χ1v) is 6.15. The van der Waals surface area contributed by atoms with E-state index >= 15 is 0 Å². The number of nitrogens with zero attached hydrogens (tertiary/aromatic N) is 3. The van der Waals surface area contributed by atoms with Gasteiger partial charge < -0.3 is 9.84 Å². The zero-order chi connectivity index (χ0) is 12.8. The lowest BCUT2D eigenvalue weighted by Crippen LogP contribution is -2.26. The number of rotatable bonds is 5. The average Bonchev–Trinajstić information content (AvgIpc) is 2.73. The predicted molar refractivity (Wildman–Crippen MR) is 67.8 cm³/mol. The zero-order valence-electron chi connectivity index (χ0n) is 10.1. The minimum absolute atomic E-state index is 0.0733. The third-order valence-electron chi connectivity index (χ3n) is 3.35. The number of aliphatic hydroxyl groups is 1. The van der Waals surface area contributed by atoms with Gasteiger partial charge in [-0.25, -0.2) is 0 Å². The average molecular weight is 247 g/mol. The molecule has 3 atom stereocenters. The van der Waals surface area contributed by atoms with Crippen molar-refractivity contribution in [2.24, 2.45) is 11.0 Å². The Hall–Kier alpha value is -1.55. The molecule has 1 aliphatic rings. The van der Waals surface area contributed by atoms with Gasteiger partial charge in [0.1, 0.15) is 0 Å². The second-order valence-corrected chi connectivity index (χ2v) is 4.60. The minimum Gasteiger partial charge on any atom is -0.392 e. The van der Waals surface area contributed by atoms with E-state index in [1.54, 1.807) is 0 Å². The van der Waals surface area contributed by atoms with Gasteiger partial charge in [0.25, 0.3) is 0 Å². The van der Waals surface area contributed by atoms with E-state index in [1.807, 2.05) is 30.3 Å². The third-order valence-corrected chi connectivity index (χ3v) is 3.35. The van der Waals surface area contributed by atoms with E-state index in [0.717, 1.165) is 18.4 Å². The molecule has 0 amide bonds. The molecule has 0 heterocycles. The highest BCUT2D eigenvalue weighted by atomic mass is 16.5. The van der Waals surface area contributed by atoms with Gasteiger partial charge >= 0.3 is 0 Å². The standard InChI is InChI=1S/C13H17N3O2/c14-16-15-12-7-6-11(13(12)17)9-18-8-10-4-2-1-3-5-10/h1-5,11-13,17H,6-9H2/t11-,12+,13+/m0/s1. The molecular weight excluding hydrogens is 230 g/mol. The van der Waals surface area contributed by atoms with Crippen molar-refractivity contribution in [1.29, 1.82) is 0 Å². The monoisotopic (exact) mass is 247 g/mol. The zero-order valence-corrected chi connectivity index (χ0v) is 10.1. The number of hydrogen-bond donors (Lipinski definition) is 1. The van der Waals surface area contributed by atoms with Crippen molar-refractivity contribution in [3.8, 4) is 0 Å². The molecule has 18 heavy (non-hydrogen) atoms. The molecule has 0 radical (unpaired) electrons. The van der Waals surface area contributed by atoms with Crippen molar-refractivity contribution < 1.29 is 9.84 Å². The molecule has 5 nitrogen and oxygen atoms in total. The predicted octanol–water partition coefficient (Wildman–Crippen LogP) is 2.65. The Kier molecular flexibility index (Phi) is 4.59. The Balaban J connectivity index is 1.76. The summed E-state index contributed by atoms with van der Waals surface area (Å²) in [5.74, 6) is 0.0733. The molecule has 2 rings (SSSR count). The van der Waals surface area contributed by atoms with Crippen LogP contribution in [-0.4, -0.2) is 23.9 Å². The van der Waals surface area contributed by atoms with Gasteiger partial charge in [-0.1, -0.05) is 35.4 Å². The summed E-state index contributed by atoms with van der Waals surface area (Å²) in [6.45, 7) is 1.06. The van der Waals surface area contributed by atoms with Gasteiger partial charge in [0.15, 0.2) is 0 Å². The van der Waals surface area contributed by atoms with Crippen LogP contribution in [0.3, 0.4) is 0 Å². The van der Waals surface area contributed by atoms with Crippen molar-refractivity contribution >= 4 is 0 Å². The molecule has 1 aromatic carbocycles. The summed E-state index contributed by atoms with van der Waals surface area (Å²) in [5, 5.41) is 13.5. The Morgan fingerprint density at radius 3 is 2.83 bits per heavy atom. The fourth-order valence-corrected chi connectivity index (χ4v) is 2.32. The second kappa shape index (κ2) is 6.40. The fourth-order valence-electron chi connectivity index (χ4n) is 2.32. The number of aliphatic hydroxyl groups excluding tert-OH is 1. The maximum absolute atomic E-state index is 9.93. The van der Waals surface area contributed by atoms with Gasteiger partial charge in [-0.05, 0) is 23.9 Å². The summed E-state index contributed by atoms with van der Waals surface area (Å²) in [6, 6.07) is 9.64. The van der Waals surface area contributed by atoms with Crippen molar-refractivity contribution in [1.82, 2.24) is 0 Å². The van der Waals surface area contributed by atoms with Crippen molar-refractivity contribution in [3.05, 3.63) is 46.3 Å². The summed E-state index contributed by atoms with van der Waals surface area (Å²) in [6.07, 6.45) is 1.02. The number of azide groups is 1. The van der Waals surface area contributed by atoms with E-state index in [0.29, 0.717) is 13.2 Å². The van der Waals surface area contributed by atoms with Crippen molar-refractivity contribution in [2.45, 2.75) is 31.6 Å². The molecule has 0 unspecified atom stereocenters. The van der Waals surface area contributed by atoms with Gasteiger partial charge in [-0.3, -0.25) is 0 Å². The smallest absolute Gasteiger partial charge is 0.0717 e. The van der Waals surface area contributed by atoms with Gasteiger partial charge in [0.2, 0.25) is 0 Å². The second-order valence-electron chi connectivity index (χ2n) is 4.60. The molecule has 0 aliphatic heterocycles. The molecule has 1 N–H and O–H groups in total. The van der Waals surface area contributed by atoms with E-state index in [4.69, 9.17) is 10.3 Å². The van der Waals surface area contributed by atoms with Gasteiger partial charge in [-0.2, -0.15) is 0 Å². The Morgan fingerprint density at radius 1 is 1.33 bits per heavy atom. The largest absolute Gasteiger partial charge is 0.392 e. The van der Waals surface area contributed by atoms with E-state index in [1.165, 1.54) is 0 Å². The summed E-state index contributed by atoms with van der Waals surface area (Å²) in [4.78, 5) is 2.75. The molecule has 1 aromatic rings. The van der Waals surface area contributed by atoms with E-state index in [9.17, 15) is 5.11 Å². The SMILES string of the molecule is [N-]=[N+]=N[C@@H]1CC[C@@H](COCc2ccccc2)[C@H]1O. The van der Waals surface area contributed by atoms with Crippen LogP contribution < -0.4 is 0 Å². The van der Waals surface area contributed by atoms with Crippen molar-refractivity contribution in [3.63, 3.8) is 0 Å². The van der Waals surface area contributed by atoms with E-state index in [-0.39, 0.29) is 12.0 Å². The highest BCUT2D eigenvalue weighted by molar-refractivity contribution is 5.13. The highest BCUT2D eigenvalue weighted by Gasteiger charge is 2.33. The van der Waals surface area contributed by atoms with Crippen LogP contribution in [0.2, 0.25) is 0 Å². The lowest BCUT2D eigenvalue weighted by molar-refractivity contribution is 0.0321. The van der Waals surface area contributed by atoms with Crippen LogP contribution in [0, 0.1) is 5.92 Å². The van der Waals surface area contributed by atoms with Gasteiger partial charge in [0.05, 0.1) is 25.4 Å². The number of ether oxygens (including phenoxy) is 1. The molecule has 0 spiro atoms. The Bertz CT molecular complexity index is 418. The Labute approximate surface area is 106 Å². The van der Waals surface area contributed by atoms with Crippen LogP contribution in [-0.2, 0) is 11.3 Å². The minimum atomic E-state index is -0.573. The summed E-state index contributed by atoms with van der Waals surface area (Å²) in [7, 11) is 0. The van der Waals surface area contributed by atoms with Gasteiger partial charge in [-0.15, -0.1) is 0 Å². The summed E-state index contributed by atoms with van der Waals surface area (Å²) < 4.78 is 5.61. The third kappa shape index (κ3) is 3.23. The molecule has 1 fully saturated rings. The lowest BCUT2D eigenvalue weighted by Gasteiger charge is -2.16. The molecule has 96 valence electrons. The maximum atomic E-state index is 9.93. The quantitative estimate of drug-likeness (QED) is 0.493. The summed E-state index contributed by atoms with van der Waals surface area (Å²) in [5.41, 5.74) is 9.49. The highest BCUT2D eigenvalue weighted by Crippen LogP contribution is 2.29. The normalized spacial score (nSPS) is 26.8. The van der Waals surface area contributed by atoms with Crippen LogP contribution in [0.5, 0.6) is 0 Å². The molecule has 0 aromatic heterocycles. The number of benzene rings is 1. The first-order chi connectivity index (χ1) is 8.81. The Morgan fingerprint density at radius 2 is 2.11 bits per heavy atom. The first-order valence-electron chi connectivity index (χ1n) is 6.15. The van der Waals surface area contributed by atoms with Crippen LogP contribution >= 0.6 is 0 Å². The molecule has 1 saturated carbocycles. The fraction of sp³-hybridized carbons (Fsp3) is 0.538. The van der Waals surface area contributed by atoms with E-state index in [2.05, 4.69) is 10.0 Å². The molecule has 5 heteroatoms. The first kappa shape index (κ1) is 12.9. The van der Waals surface area contributed by atoms with E-state index < -0.39 is 6.10 Å². The van der Waals surface area contributed by atoms with Gasteiger partial charge in [0, 0.05) is 10.8 Å². The molecule has 1 aliphatic carbocycles. The van der Waals surface area contributed by atoms with Crippen LogP contribution in [0.4, 0.5) is 0 Å². The number of hydrogen-bond acceptors (Lipinski definition) is 3.